The first kappa shape index (κ1) is 7.55. The van der Waals surface area contributed by atoms with Crippen molar-refractivity contribution in [2.45, 2.75) is 6.92 Å². The number of ether oxygens (including phenoxy) is 1. The van der Waals surface area contributed by atoms with E-state index in [1.54, 1.807) is 18.4 Å². The van der Waals surface area contributed by atoms with Crippen LogP contribution in [0.25, 0.3) is 10.2 Å². The normalized spacial score (nSPS) is 10.5. The highest BCUT2D eigenvalue weighted by Crippen LogP contribution is 2.28. The van der Waals surface area contributed by atoms with Crippen LogP contribution in [0.2, 0.25) is 0 Å². The van der Waals surface area contributed by atoms with Gasteiger partial charge >= 0.3 is 0 Å². The Bertz CT molecular complexity index is 408. The minimum absolute atomic E-state index is 0.735. The number of fused-ring (bicyclic) bond motifs is 1. The Labute approximate surface area is 74.8 Å². The Balaban J connectivity index is 2.74. The Morgan fingerprint density at radius 1 is 1.42 bits per heavy atom. The molecule has 1 heterocycles. The van der Waals surface area contributed by atoms with Crippen molar-refractivity contribution in [3.8, 4) is 5.19 Å². The molecular weight excluding hydrogens is 170 g/mol. The Kier molecular flexibility index (Phi) is 1.73. The summed E-state index contributed by atoms with van der Waals surface area (Å²) in [7, 11) is 1.65. The van der Waals surface area contributed by atoms with Crippen molar-refractivity contribution in [1.29, 1.82) is 0 Å². The molecule has 0 aliphatic rings. The maximum atomic E-state index is 5.06. The van der Waals surface area contributed by atoms with Gasteiger partial charge in [0.2, 0.25) is 0 Å². The number of aromatic nitrogens is 1. The molecule has 0 radical (unpaired) electrons. The first-order valence-corrected chi connectivity index (χ1v) is 4.53. The number of para-hydroxylation sites is 1. The zero-order valence-corrected chi connectivity index (χ0v) is 7.81. The summed E-state index contributed by atoms with van der Waals surface area (Å²) in [4.78, 5) is 4.33. The fraction of sp³-hybridized carbons (Fsp3) is 0.222. The SMILES string of the molecule is COc1nc2c(C)cccc2s1. The van der Waals surface area contributed by atoms with Gasteiger partial charge < -0.3 is 4.74 Å². The molecule has 2 aromatic rings. The summed E-state index contributed by atoms with van der Waals surface area (Å²) in [5.41, 5.74) is 2.26. The highest BCUT2D eigenvalue weighted by molar-refractivity contribution is 7.20. The zero-order chi connectivity index (χ0) is 8.55. The Morgan fingerprint density at radius 3 is 2.92 bits per heavy atom. The van der Waals surface area contributed by atoms with Crippen molar-refractivity contribution >= 4 is 21.6 Å². The van der Waals surface area contributed by atoms with Gasteiger partial charge in [0.1, 0.15) is 0 Å². The minimum Gasteiger partial charge on any atom is -0.473 e. The van der Waals surface area contributed by atoms with Crippen molar-refractivity contribution in [2.75, 3.05) is 7.11 Å². The topological polar surface area (TPSA) is 22.1 Å². The van der Waals surface area contributed by atoms with Crippen LogP contribution in [0.5, 0.6) is 5.19 Å². The fourth-order valence-electron chi connectivity index (χ4n) is 1.15. The third-order valence-corrected chi connectivity index (χ3v) is 2.76. The summed E-state index contributed by atoms with van der Waals surface area (Å²) < 4.78 is 6.25. The second-order valence-electron chi connectivity index (χ2n) is 2.61. The van der Waals surface area contributed by atoms with Crippen LogP contribution >= 0.6 is 11.3 Å². The molecule has 62 valence electrons. The molecule has 2 rings (SSSR count). The van der Waals surface area contributed by atoms with Gasteiger partial charge in [-0.25, -0.2) is 4.98 Å². The van der Waals surface area contributed by atoms with E-state index < -0.39 is 0 Å². The minimum atomic E-state index is 0.735. The molecule has 0 unspecified atom stereocenters. The standard InChI is InChI=1S/C9H9NOS/c1-6-4-3-5-7-8(6)10-9(11-2)12-7/h3-5H,1-2H3. The lowest BCUT2D eigenvalue weighted by atomic mass is 10.2. The number of thiazole rings is 1. The van der Waals surface area contributed by atoms with Crippen molar-refractivity contribution in [3.05, 3.63) is 23.8 Å². The second kappa shape index (κ2) is 2.75. The lowest BCUT2D eigenvalue weighted by Crippen LogP contribution is -1.79. The van der Waals surface area contributed by atoms with E-state index in [9.17, 15) is 0 Å². The van der Waals surface area contributed by atoms with Gasteiger partial charge in [-0.1, -0.05) is 23.5 Å². The van der Waals surface area contributed by atoms with Crippen LogP contribution in [0.15, 0.2) is 18.2 Å². The third-order valence-electron chi connectivity index (χ3n) is 1.78. The number of hydrogen-bond donors (Lipinski definition) is 0. The maximum absolute atomic E-state index is 5.06. The number of aryl methyl sites for hydroxylation is 1. The summed E-state index contributed by atoms with van der Waals surface area (Å²) in [5.74, 6) is 0. The van der Waals surface area contributed by atoms with Crippen LogP contribution in [0.3, 0.4) is 0 Å². The molecule has 0 aliphatic heterocycles. The van der Waals surface area contributed by atoms with Crippen LogP contribution in [-0.2, 0) is 0 Å². The first-order chi connectivity index (χ1) is 5.81. The average Bonchev–Trinajstić information content (AvgIpc) is 2.49. The summed E-state index contributed by atoms with van der Waals surface area (Å²) in [6, 6.07) is 6.15. The second-order valence-corrected chi connectivity index (χ2v) is 3.60. The van der Waals surface area contributed by atoms with Crippen LogP contribution in [-0.4, -0.2) is 12.1 Å². The molecular formula is C9H9NOS. The van der Waals surface area contributed by atoms with Crippen LogP contribution in [0.4, 0.5) is 0 Å². The van der Waals surface area contributed by atoms with Gasteiger partial charge in [0.05, 0.1) is 17.3 Å². The number of benzene rings is 1. The number of rotatable bonds is 1. The van der Waals surface area contributed by atoms with E-state index in [-0.39, 0.29) is 0 Å². The molecule has 2 nitrogen and oxygen atoms in total. The maximum Gasteiger partial charge on any atom is 0.274 e. The Morgan fingerprint density at radius 2 is 2.25 bits per heavy atom. The molecule has 0 saturated carbocycles. The summed E-state index contributed by atoms with van der Waals surface area (Å²) in [5, 5.41) is 0.735. The van der Waals surface area contributed by atoms with E-state index in [2.05, 4.69) is 24.0 Å². The molecule has 0 fully saturated rings. The third kappa shape index (κ3) is 1.06. The fourth-order valence-corrected chi connectivity index (χ4v) is 2.01. The molecule has 0 atom stereocenters. The van der Waals surface area contributed by atoms with Crippen molar-refractivity contribution in [3.63, 3.8) is 0 Å². The van der Waals surface area contributed by atoms with Gasteiger partial charge in [-0.15, -0.1) is 0 Å². The number of nitrogens with zero attached hydrogens (tertiary/aromatic N) is 1. The van der Waals surface area contributed by atoms with Crippen LogP contribution in [0.1, 0.15) is 5.56 Å². The lowest BCUT2D eigenvalue weighted by molar-refractivity contribution is 0.413. The highest BCUT2D eigenvalue weighted by Gasteiger charge is 2.04. The van der Waals surface area contributed by atoms with E-state index in [0.717, 1.165) is 10.7 Å². The van der Waals surface area contributed by atoms with Crippen LogP contribution < -0.4 is 4.74 Å². The van der Waals surface area contributed by atoms with E-state index in [1.165, 1.54) is 10.3 Å². The van der Waals surface area contributed by atoms with Crippen molar-refractivity contribution in [2.24, 2.45) is 0 Å². The molecule has 0 amide bonds. The van der Waals surface area contributed by atoms with Gasteiger partial charge in [0.25, 0.3) is 5.19 Å². The number of methoxy groups -OCH3 is 1. The molecule has 0 spiro atoms. The monoisotopic (exact) mass is 179 g/mol. The van der Waals surface area contributed by atoms with E-state index >= 15 is 0 Å². The largest absolute Gasteiger partial charge is 0.473 e. The van der Waals surface area contributed by atoms with Gasteiger partial charge in [-0.05, 0) is 18.6 Å². The molecule has 0 bridgehead atoms. The van der Waals surface area contributed by atoms with Gasteiger partial charge in [-0.2, -0.15) is 0 Å². The predicted octanol–water partition coefficient (Wildman–Crippen LogP) is 2.61. The number of hydrogen-bond acceptors (Lipinski definition) is 3. The molecule has 12 heavy (non-hydrogen) atoms. The quantitative estimate of drug-likeness (QED) is 0.671. The molecule has 1 aromatic heterocycles. The smallest absolute Gasteiger partial charge is 0.274 e. The van der Waals surface area contributed by atoms with Gasteiger partial charge in [-0.3, -0.25) is 0 Å². The molecule has 1 aromatic carbocycles. The zero-order valence-electron chi connectivity index (χ0n) is 7.00. The average molecular weight is 179 g/mol. The molecule has 3 heteroatoms. The highest BCUT2D eigenvalue weighted by atomic mass is 32.1. The van der Waals surface area contributed by atoms with Crippen LogP contribution in [0, 0.1) is 6.92 Å². The summed E-state index contributed by atoms with van der Waals surface area (Å²) in [6.07, 6.45) is 0. The van der Waals surface area contributed by atoms with Gasteiger partial charge in [0, 0.05) is 0 Å². The molecule has 0 aliphatic carbocycles. The predicted molar refractivity (Wildman–Crippen MR) is 50.9 cm³/mol. The van der Waals surface area contributed by atoms with Crippen molar-refractivity contribution in [1.82, 2.24) is 4.98 Å². The summed E-state index contributed by atoms with van der Waals surface area (Å²) in [6.45, 7) is 2.06. The van der Waals surface area contributed by atoms with Crippen molar-refractivity contribution < 1.29 is 4.74 Å². The first-order valence-electron chi connectivity index (χ1n) is 3.71. The van der Waals surface area contributed by atoms with Gasteiger partial charge in [0.15, 0.2) is 0 Å². The lowest BCUT2D eigenvalue weighted by Gasteiger charge is -1.90. The molecule has 0 saturated heterocycles. The Hall–Kier alpha value is -1.09. The van der Waals surface area contributed by atoms with E-state index in [4.69, 9.17) is 4.74 Å². The molecule has 0 N–H and O–H groups in total. The summed E-state index contributed by atoms with van der Waals surface area (Å²) >= 11 is 1.58. The van der Waals surface area contributed by atoms with E-state index in [0.29, 0.717) is 0 Å². The van der Waals surface area contributed by atoms with E-state index in [1.807, 2.05) is 6.07 Å².